The van der Waals surface area contributed by atoms with Crippen LogP contribution in [0.1, 0.15) is 0 Å². The molecule has 0 aliphatic heterocycles. The van der Waals surface area contributed by atoms with Crippen LogP contribution in [0.5, 0.6) is 0 Å². The van der Waals surface area contributed by atoms with Crippen molar-refractivity contribution in [2.75, 3.05) is 0 Å². The molecule has 6 heteroatoms. The van der Waals surface area contributed by atoms with Gasteiger partial charge in [-0.15, -0.1) is 0 Å². The van der Waals surface area contributed by atoms with Crippen LogP contribution in [-0.4, -0.2) is 18.7 Å². The molecule has 10 aromatic carbocycles. The zero-order chi connectivity index (χ0) is 43.5. The molecule has 4 heterocycles. The summed E-state index contributed by atoms with van der Waals surface area (Å²) < 4.78 is 13.7. The first-order chi connectivity index (χ1) is 32.7. The minimum absolute atomic E-state index is 0.0642. The molecule has 0 bridgehead atoms. The fraction of sp³-hybridized carbons (Fsp3) is 0. The molecule has 0 atom stereocenters. The summed E-state index contributed by atoms with van der Waals surface area (Å²) in [7, 11) is 0. The molecule has 6 nitrogen and oxygen atoms in total. The van der Waals surface area contributed by atoms with Gasteiger partial charge >= 0.3 is 0 Å². The standard InChI is InChI=1S/C60H36N4O2/c65-60-44-22-9-14-28-57(44)66-58-36-49-46(33-50(58)60)45-32-39(64-51-24-10-7-20-41(51)42-21-8-11-25-52(42)64)29-30-40(45)47-34-55-56(35-48(47)43-23-15-31-61-59(43)49)63(38-18-5-2-6-19-38)54-27-13-12-26-53(54)62(55)37-16-3-1-4-17-37/h1-36H. The molecule has 0 spiro atoms. The Morgan fingerprint density at radius 3 is 1.45 bits per heavy atom. The number of hydrogen-bond acceptors (Lipinski definition) is 3. The van der Waals surface area contributed by atoms with E-state index in [4.69, 9.17) is 9.40 Å². The van der Waals surface area contributed by atoms with Crippen LogP contribution in [0, 0.1) is 0 Å². The fourth-order valence-corrected chi connectivity index (χ4v) is 10.6. The normalized spacial score (nSPS) is 12.0. The molecule has 0 radical (unpaired) electrons. The molecule has 4 aromatic heterocycles. The zero-order valence-electron chi connectivity index (χ0n) is 35.4. The number of benzene rings is 9. The Balaban J connectivity index is 1.25. The summed E-state index contributed by atoms with van der Waals surface area (Å²) in [4.78, 5) is 19.7. The Morgan fingerprint density at radius 1 is 0.303 bits per heavy atom. The van der Waals surface area contributed by atoms with E-state index in [0.717, 1.165) is 93.4 Å². The molecule has 308 valence electrons. The van der Waals surface area contributed by atoms with E-state index in [0.29, 0.717) is 21.9 Å². The maximum atomic E-state index is 14.5. The molecule has 0 aliphatic carbocycles. The summed E-state index contributed by atoms with van der Waals surface area (Å²) in [5, 5.41) is 10.3. The molecule has 0 aliphatic rings. The molecule has 14 rings (SSSR count). The van der Waals surface area contributed by atoms with Gasteiger partial charge in [0.25, 0.3) is 0 Å². The number of aromatic nitrogens is 4. The van der Waals surface area contributed by atoms with E-state index >= 15 is 0 Å². The Morgan fingerprint density at radius 2 is 0.803 bits per heavy atom. The third-order valence-corrected chi connectivity index (χ3v) is 13.5. The van der Waals surface area contributed by atoms with Crippen molar-refractivity contribution in [2.24, 2.45) is 0 Å². The van der Waals surface area contributed by atoms with E-state index in [9.17, 15) is 4.79 Å². The highest BCUT2D eigenvalue weighted by molar-refractivity contribution is 6.28. The number of para-hydroxylation sites is 7. The van der Waals surface area contributed by atoms with Crippen LogP contribution in [0.3, 0.4) is 0 Å². The number of nitrogens with zero attached hydrogens (tertiary/aromatic N) is 4. The Kier molecular flexibility index (Phi) is 7.74. The van der Waals surface area contributed by atoms with Gasteiger partial charge in [0.2, 0.25) is 5.43 Å². The maximum absolute atomic E-state index is 14.5. The van der Waals surface area contributed by atoms with Crippen molar-refractivity contribution in [3.8, 4) is 17.1 Å². The van der Waals surface area contributed by atoms with Crippen molar-refractivity contribution in [2.45, 2.75) is 0 Å². The molecule has 0 N–H and O–H groups in total. The summed E-state index contributed by atoms with van der Waals surface area (Å²) in [6.45, 7) is 0. The first-order valence-corrected chi connectivity index (χ1v) is 22.2. The van der Waals surface area contributed by atoms with E-state index < -0.39 is 0 Å². The Bertz CT molecular complexity index is 4430. The third kappa shape index (κ3) is 5.24. The van der Waals surface area contributed by atoms with Crippen LogP contribution in [0.2, 0.25) is 0 Å². The molecule has 0 fully saturated rings. The smallest absolute Gasteiger partial charge is 0.200 e. The van der Waals surface area contributed by atoms with Crippen LogP contribution >= 0.6 is 0 Å². The van der Waals surface area contributed by atoms with Gasteiger partial charge in [-0.05, 0) is 130 Å². The summed E-state index contributed by atoms with van der Waals surface area (Å²) in [6.07, 6.45) is 1.86. The monoisotopic (exact) mass is 844 g/mol. The van der Waals surface area contributed by atoms with Crippen LogP contribution < -0.4 is 5.43 Å². The molecule has 0 amide bonds. The van der Waals surface area contributed by atoms with E-state index in [1.807, 2.05) is 48.7 Å². The molecule has 0 saturated heterocycles. The van der Waals surface area contributed by atoms with Crippen molar-refractivity contribution in [3.05, 3.63) is 229 Å². The first kappa shape index (κ1) is 36.5. The minimum atomic E-state index is -0.0642. The quantitative estimate of drug-likeness (QED) is 0.166. The predicted octanol–water partition coefficient (Wildman–Crippen LogP) is 15.1. The number of pyridine rings is 1. The second-order valence-electron chi connectivity index (χ2n) is 17.0. The zero-order valence-corrected chi connectivity index (χ0v) is 35.4. The largest absolute Gasteiger partial charge is 0.456 e. The summed E-state index contributed by atoms with van der Waals surface area (Å²) in [6, 6.07) is 74.4. The molecule has 0 saturated carbocycles. The summed E-state index contributed by atoms with van der Waals surface area (Å²) >= 11 is 0. The molecule has 0 unspecified atom stereocenters. The lowest BCUT2D eigenvalue weighted by Gasteiger charge is -2.23. The van der Waals surface area contributed by atoms with Crippen molar-refractivity contribution < 1.29 is 4.42 Å². The van der Waals surface area contributed by atoms with E-state index in [1.54, 1.807) is 0 Å². The molecule has 66 heavy (non-hydrogen) atoms. The SMILES string of the molecule is O=c1c2ccccc2oc2cc3c(cc12)c1cc(-n2c4ccccc4c4ccccc42)ccc1c1cc2c(cc1c1cccnc13)n(-c1ccccc1)c1ccccc1n2-c1ccccc1. The van der Waals surface area contributed by atoms with Gasteiger partial charge in [-0.2, -0.15) is 0 Å². The van der Waals surface area contributed by atoms with Gasteiger partial charge in [0, 0.05) is 44.8 Å². The highest BCUT2D eigenvalue weighted by atomic mass is 16.3. The Hall–Kier alpha value is -9.00. The highest BCUT2D eigenvalue weighted by Crippen LogP contribution is 2.42. The third-order valence-electron chi connectivity index (χ3n) is 13.5. The lowest BCUT2D eigenvalue weighted by atomic mass is 9.94. The van der Waals surface area contributed by atoms with Crippen molar-refractivity contribution in [1.29, 1.82) is 0 Å². The second kappa shape index (κ2) is 14.0. The van der Waals surface area contributed by atoms with Gasteiger partial charge in [0.1, 0.15) is 11.2 Å². The van der Waals surface area contributed by atoms with Crippen molar-refractivity contribution in [3.63, 3.8) is 0 Å². The van der Waals surface area contributed by atoms with Crippen molar-refractivity contribution in [1.82, 2.24) is 18.7 Å². The number of hydrogen-bond donors (Lipinski definition) is 0. The van der Waals surface area contributed by atoms with Crippen LogP contribution in [0.15, 0.2) is 228 Å². The highest BCUT2D eigenvalue weighted by Gasteiger charge is 2.20. The summed E-state index contributed by atoms with van der Waals surface area (Å²) in [5.41, 5.74) is 11.4. The van der Waals surface area contributed by atoms with Gasteiger partial charge in [-0.3, -0.25) is 9.78 Å². The van der Waals surface area contributed by atoms with Crippen LogP contribution in [-0.2, 0) is 0 Å². The lowest BCUT2D eigenvalue weighted by molar-refractivity contribution is 0.660. The predicted molar refractivity (Wildman–Crippen MR) is 273 cm³/mol. The molecule has 14 aromatic rings. The van der Waals surface area contributed by atoms with Crippen LogP contribution in [0.25, 0.3) is 126 Å². The van der Waals surface area contributed by atoms with Gasteiger partial charge in [0.15, 0.2) is 0 Å². The molecular weight excluding hydrogens is 809 g/mol. The second-order valence-corrected chi connectivity index (χ2v) is 17.0. The first-order valence-electron chi connectivity index (χ1n) is 22.2. The van der Waals surface area contributed by atoms with E-state index in [1.165, 1.54) is 10.8 Å². The topological polar surface area (TPSA) is 57.9 Å². The van der Waals surface area contributed by atoms with Crippen LogP contribution in [0.4, 0.5) is 0 Å². The van der Waals surface area contributed by atoms with Gasteiger partial charge in [-0.1, -0.05) is 109 Å². The van der Waals surface area contributed by atoms with E-state index in [2.05, 4.69) is 184 Å². The Labute approximate surface area is 376 Å². The number of rotatable bonds is 3. The summed E-state index contributed by atoms with van der Waals surface area (Å²) in [5.74, 6) is 0. The molecular formula is C60H36N4O2. The van der Waals surface area contributed by atoms with Crippen molar-refractivity contribution >= 4 is 109 Å². The van der Waals surface area contributed by atoms with Gasteiger partial charge < -0.3 is 18.1 Å². The van der Waals surface area contributed by atoms with Gasteiger partial charge in [-0.25, -0.2) is 0 Å². The average molecular weight is 845 g/mol. The minimum Gasteiger partial charge on any atom is -0.456 e. The fourth-order valence-electron chi connectivity index (χ4n) is 10.6. The maximum Gasteiger partial charge on any atom is 0.200 e. The average Bonchev–Trinajstić information content (AvgIpc) is 3.72. The van der Waals surface area contributed by atoms with E-state index in [-0.39, 0.29) is 5.43 Å². The number of fused-ring (bicyclic) bond motifs is 15. The van der Waals surface area contributed by atoms with Gasteiger partial charge in [0.05, 0.1) is 49.4 Å². The lowest BCUT2D eigenvalue weighted by Crippen LogP contribution is -2.08.